The number of hydrogen-bond donors (Lipinski definition) is 2. The molecule has 0 radical (unpaired) electrons. The van der Waals surface area contributed by atoms with Gasteiger partial charge in [-0.15, -0.1) is 10.2 Å². The van der Waals surface area contributed by atoms with Crippen LogP contribution in [0.4, 0.5) is 5.13 Å². The molecule has 1 aromatic carbocycles. The van der Waals surface area contributed by atoms with Crippen molar-refractivity contribution in [2.75, 3.05) is 11.9 Å². The largest absolute Gasteiger partial charge is 0.301 e. The van der Waals surface area contributed by atoms with Crippen molar-refractivity contribution in [2.45, 2.75) is 45.4 Å². The fraction of sp³-hybridized carbons (Fsp3) is 0.471. The zero-order valence-electron chi connectivity index (χ0n) is 15.4. The predicted octanol–water partition coefficient (Wildman–Crippen LogP) is 2.74. The predicted molar refractivity (Wildman–Crippen MR) is 103 cm³/mol. The van der Waals surface area contributed by atoms with E-state index in [9.17, 15) is 13.2 Å². The van der Waals surface area contributed by atoms with E-state index in [1.807, 2.05) is 27.7 Å². The van der Waals surface area contributed by atoms with Crippen LogP contribution in [0.5, 0.6) is 0 Å². The van der Waals surface area contributed by atoms with E-state index in [0.29, 0.717) is 23.0 Å². The van der Waals surface area contributed by atoms with E-state index in [4.69, 9.17) is 0 Å². The first-order valence-corrected chi connectivity index (χ1v) is 10.5. The molecule has 9 heteroatoms. The van der Waals surface area contributed by atoms with Gasteiger partial charge in [0, 0.05) is 19.4 Å². The fourth-order valence-corrected chi connectivity index (χ4v) is 3.93. The normalized spacial score (nSPS) is 12.2. The van der Waals surface area contributed by atoms with E-state index in [2.05, 4.69) is 20.2 Å². The van der Waals surface area contributed by atoms with Crippen LogP contribution in [0.15, 0.2) is 29.2 Å². The summed E-state index contributed by atoms with van der Waals surface area (Å²) in [5.74, 6) is -0.111. The number of sulfonamides is 1. The van der Waals surface area contributed by atoms with Crippen LogP contribution in [-0.4, -0.2) is 31.1 Å². The Morgan fingerprint density at radius 1 is 1.15 bits per heavy atom. The van der Waals surface area contributed by atoms with Crippen molar-refractivity contribution in [2.24, 2.45) is 5.41 Å². The summed E-state index contributed by atoms with van der Waals surface area (Å²) in [5.41, 5.74) is 0.894. The molecule has 0 unspecified atom stereocenters. The van der Waals surface area contributed by atoms with Gasteiger partial charge in [-0.1, -0.05) is 49.8 Å². The second-order valence-electron chi connectivity index (χ2n) is 7.25. The highest BCUT2D eigenvalue weighted by Gasteiger charge is 2.18. The quantitative estimate of drug-likeness (QED) is 0.749. The second kappa shape index (κ2) is 8.24. The molecule has 0 spiro atoms. The first kappa shape index (κ1) is 20.5. The summed E-state index contributed by atoms with van der Waals surface area (Å²) in [5, 5.41) is 11.7. The van der Waals surface area contributed by atoms with E-state index in [1.165, 1.54) is 11.3 Å². The molecule has 26 heavy (non-hydrogen) atoms. The Bertz CT molecular complexity index is 853. The van der Waals surface area contributed by atoms with Crippen molar-refractivity contribution in [3.05, 3.63) is 34.8 Å². The standard InChI is InChI=1S/C17H24N4O3S2/c1-12-5-7-13(8-6-12)26(23,24)18-10-9-15-20-21-16(25-15)19-14(22)11-17(2,3)4/h5-8,18H,9-11H2,1-4H3,(H,19,21,22). The van der Waals surface area contributed by atoms with Gasteiger partial charge in [-0.25, -0.2) is 13.1 Å². The van der Waals surface area contributed by atoms with Crippen LogP contribution in [0.3, 0.4) is 0 Å². The fourth-order valence-electron chi connectivity index (χ4n) is 2.14. The van der Waals surface area contributed by atoms with Crippen LogP contribution in [-0.2, 0) is 21.2 Å². The zero-order chi connectivity index (χ0) is 19.4. The molecular formula is C17H24N4O3S2. The number of rotatable bonds is 7. The Balaban J connectivity index is 1.86. The maximum atomic E-state index is 12.2. The number of aromatic nitrogens is 2. The van der Waals surface area contributed by atoms with E-state index in [0.717, 1.165) is 5.56 Å². The number of benzene rings is 1. The Hall–Kier alpha value is -1.84. The Kier molecular flexibility index (Phi) is 6.48. The Morgan fingerprint density at radius 3 is 2.42 bits per heavy atom. The van der Waals surface area contributed by atoms with Gasteiger partial charge < -0.3 is 5.32 Å². The number of amides is 1. The average Bonchev–Trinajstić information content (AvgIpc) is 2.92. The molecular weight excluding hydrogens is 372 g/mol. The molecule has 1 heterocycles. The molecule has 2 N–H and O–H groups in total. The highest BCUT2D eigenvalue weighted by Crippen LogP contribution is 2.21. The maximum absolute atomic E-state index is 12.2. The molecule has 0 saturated carbocycles. The third kappa shape index (κ3) is 6.47. The van der Waals surface area contributed by atoms with Crippen LogP contribution in [0.25, 0.3) is 0 Å². The zero-order valence-corrected chi connectivity index (χ0v) is 17.0. The lowest BCUT2D eigenvalue weighted by Crippen LogP contribution is -2.25. The van der Waals surface area contributed by atoms with Crippen molar-refractivity contribution in [1.82, 2.24) is 14.9 Å². The minimum atomic E-state index is -3.54. The highest BCUT2D eigenvalue weighted by atomic mass is 32.2. The monoisotopic (exact) mass is 396 g/mol. The third-order valence-corrected chi connectivity index (χ3v) is 5.74. The summed E-state index contributed by atoms with van der Waals surface area (Å²) in [6, 6.07) is 6.66. The number of aryl methyl sites for hydroxylation is 1. The van der Waals surface area contributed by atoms with Crippen LogP contribution in [0, 0.1) is 12.3 Å². The number of hydrogen-bond acceptors (Lipinski definition) is 6. The van der Waals surface area contributed by atoms with Gasteiger partial charge in [-0.3, -0.25) is 4.79 Å². The molecule has 2 aromatic rings. The number of nitrogens with zero attached hydrogens (tertiary/aromatic N) is 2. The van der Waals surface area contributed by atoms with Crippen LogP contribution >= 0.6 is 11.3 Å². The molecule has 0 aliphatic rings. The summed E-state index contributed by atoms with van der Waals surface area (Å²) in [4.78, 5) is 12.1. The third-order valence-electron chi connectivity index (χ3n) is 3.37. The van der Waals surface area contributed by atoms with Crippen molar-refractivity contribution in [1.29, 1.82) is 0 Å². The summed E-state index contributed by atoms with van der Waals surface area (Å²) in [6.45, 7) is 8.06. The summed E-state index contributed by atoms with van der Waals surface area (Å²) in [6.07, 6.45) is 0.788. The molecule has 7 nitrogen and oxygen atoms in total. The molecule has 1 aromatic heterocycles. The van der Waals surface area contributed by atoms with E-state index in [1.54, 1.807) is 24.3 Å². The van der Waals surface area contributed by atoms with E-state index >= 15 is 0 Å². The van der Waals surface area contributed by atoms with Gasteiger partial charge in [-0.05, 0) is 24.5 Å². The minimum Gasteiger partial charge on any atom is -0.301 e. The number of carbonyl (C=O) groups is 1. The minimum absolute atomic E-state index is 0.105. The molecule has 0 aliphatic heterocycles. The van der Waals surface area contributed by atoms with Crippen molar-refractivity contribution >= 4 is 32.4 Å². The summed E-state index contributed by atoms with van der Waals surface area (Å²) in [7, 11) is -3.54. The summed E-state index contributed by atoms with van der Waals surface area (Å²) < 4.78 is 27.0. The molecule has 0 atom stereocenters. The molecule has 142 valence electrons. The molecule has 2 rings (SSSR count). The first-order chi connectivity index (χ1) is 12.0. The van der Waals surface area contributed by atoms with Crippen LogP contribution < -0.4 is 10.0 Å². The maximum Gasteiger partial charge on any atom is 0.240 e. The SMILES string of the molecule is Cc1ccc(S(=O)(=O)NCCc2nnc(NC(=O)CC(C)(C)C)s2)cc1. The molecule has 0 bridgehead atoms. The lowest BCUT2D eigenvalue weighted by atomic mass is 9.92. The number of anilines is 1. The molecule has 0 fully saturated rings. The van der Waals surface area contributed by atoms with Crippen molar-refractivity contribution in [3.8, 4) is 0 Å². The smallest absolute Gasteiger partial charge is 0.240 e. The summed E-state index contributed by atoms with van der Waals surface area (Å²) >= 11 is 1.25. The molecule has 0 saturated heterocycles. The van der Waals surface area contributed by atoms with Gasteiger partial charge in [0.25, 0.3) is 0 Å². The second-order valence-corrected chi connectivity index (χ2v) is 10.1. The van der Waals surface area contributed by atoms with Gasteiger partial charge in [0.2, 0.25) is 21.1 Å². The van der Waals surface area contributed by atoms with Crippen LogP contribution in [0.1, 0.15) is 37.8 Å². The first-order valence-electron chi connectivity index (χ1n) is 8.24. The van der Waals surface area contributed by atoms with E-state index in [-0.39, 0.29) is 22.8 Å². The van der Waals surface area contributed by atoms with Crippen molar-refractivity contribution in [3.63, 3.8) is 0 Å². The van der Waals surface area contributed by atoms with Crippen molar-refractivity contribution < 1.29 is 13.2 Å². The van der Waals surface area contributed by atoms with Gasteiger partial charge in [0.15, 0.2) is 0 Å². The van der Waals surface area contributed by atoms with Crippen LogP contribution in [0.2, 0.25) is 0 Å². The average molecular weight is 397 g/mol. The number of carbonyl (C=O) groups excluding carboxylic acids is 1. The highest BCUT2D eigenvalue weighted by molar-refractivity contribution is 7.89. The van der Waals surface area contributed by atoms with Gasteiger partial charge >= 0.3 is 0 Å². The van der Waals surface area contributed by atoms with Gasteiger partial charge in [0.1, 0.15) is 5.01 Å². The van der Waals surface area contributed by atoms with Gasteiger partial charge in [0.05, 0.1) is 4.90 Å². The number of nitrogens with one attached hydrogen (secondary N) is 2. The molecule has 0 aliphatic carbocycles. The topological polar surface area (TPSA) is 101 Å². The Labute approximate surface area is 158 Å². The lowest BCUT2D eigenvalue weighted by Gasteiger charge is -2.16. The van der Waals surface area contributed by atoms with E-state index < -0.39 is 10.0 Å². The van der Waals surface area contributed by atoms with Gasteiger partial charge in [-0.2, -0.15) is 0 Å². The lowest BCUT2D eigenvalue weighted by molar-refractivity contribution is -0.117. The Morgan fingerprint density at radius 2 is 1.81 bits per heavy atom. The molecule has 1 amide bonds.